The van der Waals surface area contributed by atoms with Gasteiger partial charge in [-0.3, -0.25) is 4.68 Å². The highest BCUT2D eigenvalue weighted by Crippen LogP contribution is 2.15. The molecule has 2 N–H and O–H groups in total. The lowest BCUT2D eigenvalue weighted by molar-refractivity contribution is 0.510. The lowest BCUT2D eigenvalue weighted by atomic mass is 10.1. The van der Waals surface area contributed by atoms with Crippen LogP contribution in [-0.2, 0) is 12.8 Å². The normalized spacial score (nSPS) is 13.6. The number of nitrogens with two attached hydrogens (primary N) is 1. The van der Waals surface area contributed by atoms with Crippen LogP contribution < -0.4 is 5.73 Å². The van der Waals surface area contributed by atoms with Gasteiger partial charge in [-0.1, -0.05) is 6.92 Å². The second-order valence-electron chi connectivity index (χ2n) is 4.19. The first-order valence-electron chi connectivity index (χ1n) is 5.37. The molecule has 0 fully saturated rings. The van der Waals surface area contributed by atoms with E-state index in [1.807, 2.05) is 13.1 Å². The number of hydrogen-bond acceptors (Lipinski definition) is 2. The molecule has 80 valence electrons. The molecule has 1 aromatic heterocycles. The first kappa shape index (κ1) is 11.2. The maximum Gasteiger partial charge on any atom is 0.0525 e. The molecule has 0 radical (unpaired) electrons. The SMILES string of the molecule is CCc1c(CC(C)N)cnn1C(C)C. The Hall–Kier alpha value is -0.830. The number of nitrogens with zero attached hydrogens (tertiary/aromatic N) is 2. The summed E-state index contributed by atoms with van der Waals surface area (Å²) in [5.41, 5.74) is 8.43. The van der Waals surface area contributed by atoms with E-state index < -0.39 is 0 Å². The molecule has 0 amide bonds. The third-order valence-electron chi connectivity index (χ3n) is 2.35. The van der Waals surface area contributed by atoms with Crippen LogP contribution in [0.15, 0.2) is 6.20 Å². The lowest BCUT2D eigenvalue weighted by Crippen LogP contribution is -2.18. The number of rotatable bonds is 4. The summed E-state index contributed by atoms with van der Waals surface area (Å²) < 4.78 is 2.09. The van der Waals surface area contributed by atoms with Crippen molar-refractivity contribution >= 4 is 0 Å². The van der Waals surface area contributed by atoms with Crippen molar-refractivity contribution < 1.29 is 0 Å². The third kappa shape index (κ3) is 2.35. The molecular formula is C11H21N3. The zero-order chi connectivity index (χ0) is 10.7. The second kappa shape index (κ2) is 4.60. The van der Waals surface area contributed by atoms with Gasteiger partial charge in [0.2, 0.25) is 0 Å². The van der Waals surface area contributed by atoms with Crippen molar-refractivity contribution in [3.05, 3.63) is 17.5 Å². The Kier molecular flexibility index (Phi) is 3.69. The Balaban J connectivity index is 2.95. The van der Waals surface area contributed by atoms with Crippen LogP contribution in [0.3, 0.4) is 0 Å². The Labute approximate surface area is 86.3 Å². The van der Waals surface area contributed by atoms with Crippen LogP contribution >= 0.6 is 0 Å². The van der Waals surface area contributed by atoms with Crippen LogP contribution in [0, 0.1) is 0 Å². The average molecular weight is 195 g/mol. The molecule has 1 atom stereocenters. The molecular weight excluding hydrogens is 174 g/mol. The summed E-state index contributed by atoms with van der Waals surface area (Å²) in [4.78, 5) is 0. The molecule has 0 aromatic carbocycles. The largest absolute Gasteiger partial charge is 0.328 e. The van der Waals surface area contributed by atoms with Crippen molar-refractivity contribution in [2.24, 2.45) is 5.73 Å². The average Bonchev–Trinajstić information content (AvgIpc) is 2.46. The number of hydrogen-bond donors (Lipinski definition) is 1. The molecule has 3 nitrogen and oxygen atoms in total. The van der Waals surface area contributed by atoms with Crippen LogP contribution in [0.4, 0.5) is 0 Å². The first-order chi connectivity index (χ1) is 6.56. The minimum absolute atomic E-state index is 0.213. The maximum absolute atomic E-state index is 5.80. The van der Waals surface area contributed by atoms with E-state index in [1.165, 1.54) is 11.3 Å². The molecule has 3 heteroatoms. The maximum atomic E-state index is 5.80. The Morgan fingerprint density at radius 1 is 1.43 bits per heavy atom. The summed E-state index contributed by atoms with van der Waals surface area (Å²) in [6.07, 6.45) is 3.92. The van der Waals surface area contributed by atoms with Crippen molar-refractivity contribution in [2.75, 3.05) is 0 Å². The standard InChI is InChI=1S/C11H21N3/c1-5-11-10(6-9(4)12)7-13-14(11)8(2)3/h7-9H,5-6,12H2,1-4H3. The van der Waals surface area contributed by atoms with Crippen molar-refractivity contribution in [2.45, 2.75) is 52.6 Å². The minimum Gasteiger partial charge on any atom is -0.328 e. The van der Waals surface area contributed by atoms with Gasteiger partial charge in [0.25, 0.3) is 0 Å². The summed E-state index contributed by atoms with van der Waals surface area (Å²) in [6.45, 7) is 8.51. The lowest BCUT2D eigenvalue weighted by Gasteiger charge is -2.11. The molecule has 1 aromatic rings. The monoisotopic (exact) mass is 195 g/mol. The van der Waals surface area contributed by atoms with Gasteiger partial charge in [0.1, 0.15) is 0 Å². The second-order valence-corrected chi connectivity index (χ2v) is 4.19. The van der Waals surface area contributed by atoms with Crippen LogP contribution in [0.5, 0.6) is 0 Å². The van der Waals surface area contributed by atoms with Crippen molar-refractivity contribution in [1.29, 1.82) is 0 Å². The van der Waals surface area contributed by atoms with Crippen LogP contribution in [0.2, 0.25) is 0 Å². The fourth-order valence-corrected chi connectivity index (χ4v) is 1.77. The fourth-order valence-electron chi connectivity index (χ4n) is 1.77. The number of aromatic nitrogens is 2. The first-order valence-corrected chi connectivity index (χ1v) is 5.37. The van der Waals surface area contributed by atoms with E-state index in [9.17, 15) is 0 Å². The van der Waals surface area contributed by atoms with E-state index in [1.54, 1.807) is 0 Å². The Morgan fingerprint density at radius 2 is 2.07 bits per heavy atom. The molecule has 0 saturated heterocycles. The van der Waals surface area contributed by atoms with Gasteiger partial charge in [0.15, 0.2) is 0 Å². The molecule has 0 aliphatic heterocycles. The molecule has 0 aliphatic rings. The predicted molar refractivity (Wildman–Crippen MR) is 59.3 cm³/mol. The van der Waals surface area contributed by atoms with Crippen molar-refractivity contribution in [3.8, 4) is 0 Å². The van der Waals surface area contributed by atoms with Gasteiger partial charge >= 0.3 is 0 Å². The quantitative estimate of drug-likeness (QED) is 0.797. The van der Waals surface area contributed by atoms with Gasteiger partial charge in [-0.15, -0.1) is 0 Å². The molecule has 1 rings (SSSR count). The van der Waals surface area contributed by atoms with Crippen LogP contribution in [0.1, 0.15) is 45.0 Å². The molecule has 1 heterocycles. The van der Waals surface area contributed by atoms with E-state index in [0.29, 0.717) is 6.04 Å². The highest BCUT2D eigenvalue weighted by atomic mass is 15.3. The molecule has 1 unspecified atom stereocenters. The zero-order valence-electron chi connectivity index (χ0n) is 9.62. The Bertz CT molecular complexity index is 287. The smallest absolute Gasteiger partial charge is 0.0525 e. The van der Waals surface area contributed by atoms with Crippen LogP contribution in [-0.4, -0.2) is 15.8 Å². The Morgan fingerprint density at radius 3 is 2.50 bits per heavy atom. The van der Waals surface area contributed by atoms with E-state index >= 15 is 0 Å². The third-order valence-corrected chi connectivity index (χ3v) is 2.35. The minimum atomic E-state index is 0.213. The summed E-state index contributed by atoms with van der Waals surface area (Å²) in [7, 11) is 0. The highest BCUT2D eigenvalue weighted by molar-refractivity contribution is 5.19. The van der Waals surface area contributed by atoms with Crippen molar-refractivity contribution in [3.63, 3.8) is 0 Å². The summed E-state index contributed by atoms with van der Waals surface area (Å²) in [5, 5.41) is 4.40. The summed E-state index contributed by atoms with van der Waals surface area (Å²) in [6, 6.07) is 0.650. The molecule has 14 heavy (non-hydrogen) atoms. The van der Waals surface area contributed by atoms with Crippen LogP contribution in [0.25, 0.3) is 0 Å². The zero-order valence-corrected chi connectivity index (χ0v) is 9.62. The van der Waals surface area contributed by atoms with E-state index in [0.717, 1.165) is 12.8 Å². The highest BCUT2D eigenvalue weighted by Gasteiger charge is 2.11. The molecule has 0 bridgehead atoms. The molecule has 0 saturated carbocycles. The van der Waals surface area contributed by atoms with Gasteiger partial charge in [-0.2, -0.15) is 5.10 Å². The van der Waals surface area contributed by atoms with Gasteiger partial charge in [0, 0.05) is 17.8 Å². The molecule has 0 aliphatic carbocycles. The topological polar surface area (TPSA) is 43.8 Å². The molecule has 0 spiro atoms. The van der Waals surface area contributed by atoms with Gasteiger partial charge in [-0.25, -0.2) is 0 Å². The van der Waals surface area contributed by atoms with Gasteiger partial charge in [-0.05, 0) is 39.2 Å². The summed E-state index contributed by atoms with van der Waals surface area (Å²) in [5.74, 6) is 0. The van der Waals surface area contributed by atoms with Gasteiger partial charge < -0.3 is 5.73 Å². The van der Waals surface area contributed by atoms with E-state index in [-0.39, 0.29) is 6.04 Å². The van der Waals surface area contributed by atoms with Crippen molar-refractivity contribution in [1.82, 2.24) is 9.78 Å². The predicted octanol–water partition coefficient (Wildman–Crippen LogP) is 1.92. The van der Waals surface area contributed by atoms with E-state index in [2.05, 4.69) is 30.6 Å². The van der Waals surface area contributed by atoms with E-state index in [4.69, 9.17) is 5.73 Å². The fraction of sp³-hybridized carbons (Fsp3) is 0.727. The summed E-state index contributed by atoms with van der Waals surface area (Å²) >= 11 is 0. The van der Waals surface area contributed by atoms with Gasteiger partial charge in [0.05, 0.1) is 6.20 Å².